The molecule has 2 rings (SSSR count). The lowest BCUT2D eigenvalue weighted by molar-refractivity contribution is 0.469. The van der Waals surface area contributed by atoms with Crippen molar-refractivity contribution in [3.8, 4) is 17.0 Å². The molecule has 1 heterocycles. The third kappa shape index (κ3) is 1.75. The van der Waals surface area contributed by atoms with Crippen molar-refractivity contribution in [1.82, 2.24) is 9.78 Å². The second-order valence-corrected chi connectivity index (χ2v) is 3.65. The van der Waals surface area contributed by atoms with E-state index in [1.54, 1.807) is 6.92 Å². The number of benzene rings is 1. The predicted molar refractivity (Wildman–Crippen MR) is 54.9 cm³/mol. The van der Waals surface area contributed by atoms with Crippen molar-refractivity contribution in [3.63, 3.8) is 0 Å². The summed E-state index contributed by atoms with van der Waals surface area (Å²) in [7, 11) is 1.53. The van der Waals surface area contributed by atoms with E-state index in [0.717, 1.165) is 0 Å². The molecular weight excluding hydrogens is 233 g/mol. The smallest absolute Gasteiger partial charge is 0.164 e. The Morgan fingerprint density at radius 2 is 1.71 bits per heavy atom. The van der Waals surface area contributed by atoms with Gasteiger partial charge in [0.2, 0.25) is 0 Å². The number of nitrogens with zero attached hydrogens (tertiary/aromatic N) is 2. The molecule has 6 heteroatoms. The molecule has 1 aromatic carbocycles. The molecule has 0 bridgehead atoms. The Bertz CT molecular complexity index is 570. The summed E-state index contributed by atoms with van der Waals surface area (Å²) in [6.07, 6.45) is 0. The van der Waals surface area contributed by atoms with Gasteiger partial charge in [0, 0.05) is 19.2 Å². The van der Waals surface area contributed by atoms with Crippen LogP contribution in [0, 0.1) is 24.4 Å². The summed E-state index contributed by atoms with van der Waals surface area (Å²) in [4.78, 5) is 0. The Kier molecular flexibility index (Phi) is 2.57. The van der Waals surface area contributed by atoms with E-state index in [1.807, 2.05) is 0 Å². The van der Waals surface area contributed by atoms with Crippen LogP contribution >= 0.6 is 0 Å². The van der Waals surface area contributed by atoms with Gasteiger partial charge in [0.25, 0.3) is 0 Å². The van der Waals surface area contributed by atoms with Crippen LogP contribution in [0.5, 0.6) is 5.75 Å². The van der Waals surface area contributed by atoms with Crippen molar-refractivity contribution in [3.05, 3.63) is 35.3 Å². The first-order valence-electron chi connectivity index (χ1n) is 4.79. The summed E-state index contributed by atoms with van der Waals surface area (Å²) in [5.74, 6) is -3.54. The minimum absolute atomic E-state index is 0.236. The zero-order valence-electron chi connectivity index (χ0n) is 9.13. The van der Waals surface area contributed by atoms with Crippen molar-refractivity contribution in [2.75, 3.05) is 0 Å². The molecule has 0 saturated heterocycles. The van der Waals surface area contributed by atoms with Crippen molar-refractivity contribution < 1.29 is 18.3 Å². The molecule has 0 aliphatic carbocycles. The zero-order valence-corrected chi connectivity index (χ0v) is 9.13. The summed E-state index contributed by atoms with van der Waals surface area (Å²) in [6, 6.07) is 1.09. The third-order valence-corrected chi connectivity index (χ3v) is 2.55. The fraction of sp³-hybridized carbons (Fsp3) is 0.182. The van der Waals surface area contributed by atoms with Gasteiger partial charge in [0.15, 0.2) is 5.75 Å². The van der Waals surface area contributed by atoms with E-state index in [9.17, 15) is 18.3 Å². The molecule has 17 heavy (non-hydrogen) atoms. The quantitative estimate of drug-likeness (QED) is 0.834. The number of aromatic nitrogens is 2. The lowest BCUT2D eigenvalue weighted by Gasteiger charge is -2.02. The number of aromatic hydroxyl groups is 1. The Labute approximate surface area is 95.1 Å². The summed E-state index contributed by atoms with van der Waals surface area (Å²) in [5, 5.41) is 13.5. The molecule has 0 aliphatic heterocycles. The summed E-state index contributed by atoms with van der Waals surface area (Å²) in [6.45, 7) is 1.55. The fourth-order valence-corrected chi connectivity index (χ4v) is 1.53. The molecule has 0 radical (unpaired) electrons. The van der Waals surface area contributed by atoms with Gasteiger partial charge in [-0.2, -0.15) is 5.10 Å². The van der Waals surface area contributed by atoms with Gasteiger partial charge >= 0.3 is 0 Å². The molecule has 0 saturated carbocycles. The van der Waals surface area contributed by atoms with E-state index in [1.165, 1.54) is 11.7 Å². The second-order valence-electron chi connectivity index (χ2n) is 3.65. The Hall–Kier alpha value is -1.98. The molecule has 1 aromatic heterocycles. The monoisotopic (exact) mass is 242 g/mol. The predicted octanol–water partition coefficient (Wildman–Crippen LogP) is 2.52. The van der Waals surface area contributed by atoms with Gasteiger partial charge in [0.05, 0.1) is 11.3 Å². The van der Waals surface area contributed by atoms with Gasteiger partial charge in [-0.1, -0.05) is 0 Å². The Morgan fingerprint density at radius 3 is 2.12 bits per heavy atom. The maximum absolute atomic E-state index is 13.5. The summed E-state index contributed by atoms with van der Waals surface area (Å²) >= 11 is 0. The standard InChI is InChI=1S/C11H9F3N2O/c1-5-11(17)10(15-16(5)2)9-7(13)3-6(12)4-8(9)14/h3-4,17H,1-2H3. The molecule has 0 spiro atoms. The largest absolute Gasteiger partial charge is 0.504 e. The third-order valence-electron chi connectivity index (χ3n) is 2.55. The van der Waals surface area contributed by atoms with Crippen molar-refractivity contribution in [1.29, 1.82) is 0 Å². The Morgan fingerprint density at radius 1 is 1.18 bits per heavy atom. The highest BCUT2D eigenvalue weighted by molar-refractivity contribution is 5.68. The van der Waals surface area contributed by atoms with Crippen molar-refractivity contribution in [2.24, 2.45) is 7.05 Å². The van der Waals surface area contributed by atoms with E-state index in [0.29, 0.717) is 17.8 Å². The van der Waals surface area contributed by atoms with E-state index in [4.69, 9.17) is 0 Å². The van der Waals surface area contributed by atoms with E-state index in [-0.39, 0.29) is 11.4 Å². The second kappa shape index (κ2) is 3.80. The number of hydrogen-bond acceptors (Lipinski definition) is 2. The number of halogens is 3. The van der Waals surface area contributed by atoms with E-state index < -0.39 is 23.0 Å². The lowest BCUT2D eigenvalue weighted by Crippen LogP contribution is -1.95. The van der Waals surface area contributed by atoms with Gasteiger partial charge in [0.1, 0.15) is 23.1 Å². The summed E-state index contributed by atoms with van der Waals surface area (Å²) < 4.78 is 41.0. The fourth-order valence-electron chi connectivity index (χ4n) is 1.53. The number of aryl methyl sites for hydroxylation is 1. The highest BCUT2D eigenvalue weighted by Crippen LogP contribution is 2.34. The molecule has 0 unspecified atom stereocenters. The van der Waals surface area contributed by atoms with Crippen molar-refractivity contribution >= 4 is 0 Å². The van der Waals surface area contributed by atoms with Crippen LogP contribution in [0.2, 0.25) is 0 Å². The molecular formula is C11H9F3N2O. The van der Waals surface area contributed by atoms with Crippen LogP contribution in [0.15, 0.2) is 12.1 Å². The minimum Gasteiger partial charge on any atom is -0.504 e. The highest BCUT2D eigenvalue weighted by atomic mass is 19.1. The first-order valence-corrected chi connectivity index (χ1v) is 4.79. The number of rotatable bonds is 1. The first-order chi connectivity index (χ1) is 7.91. The van der Waals surface area contributed by atoms with Crippen LogP contribution < -0.4 is 0 Å². The molecule has 0 amide bonds. The van der Waals surface area contributed by atoms with Crippen LogP contribution in [0.25, 0.3) is 11.3 Å². The van der Waals surface area contributed by atoms with Gasteiger partial charge in [-0.25, -0.2) is 13.2 Å². The molecule has 0 fully saturated rings. The van der Waals surface area contributed by atoms with Crippen LogP contribution in [-0.4, -0.2) is 14.9 Å². The molecule has 2 aromatic rings. The zero-order chi connectivity index (χ0) is 12.7. The van der Waals surface area contributed by atoms with E-state index >= 15 is 0 Å². The van der Waals surface area contributed by atoms with Crippen LogP contribution in [0.4, 0.5) is 13.2 Å². The van der Waals surface area contributed by atoms with Gasteiger partial charge in [-0.15, -0.1) is 0 Å². The average Bonchev–Trinajstić information content (AvgIpc) is 2.45. The normalized spacial score (nSPS) is 10.9. The average molecular weight is 242 g/mol. The molecule has 3 nitrogen and oxygen atoms in total. The maximum Gasteiger partial charge on any atom is 0.164 e. The van der Waals surface area contributed by atoms with Gasteiger partial charge < -0.3 is 5.11 Å². The van der Waals surface area contributed by atoms with E-state index in [2.05, 4.69) is 5.10 Å². The topological polar surface area (TPSA) is 38.1 Å². The summed E-state index contributed by atoms with van der Waals surface area (Å²) in [5.41, 5.74) is -0.407. The van der Waals surface area contributed by atoms with Crippen LogP contribution in [-0.2, 0) is 7.05 Å². The lowest BCUT2D eigenvalue weighted by atomic mass is 10.1. The molecule has 1 N–H and O–H groups in total. The molecule has 0 atom stereocenters. The molecule has 90 valence electrons. The van der Waals surface area contributed by atoms with Crippen LogP contribution in [0.3, 0.4) is 0 Å². The van der Waals surface area contributed by atoms with Crippen molar-refractivity contribution in [2.45, 2.75) is 6.92 Å². The van der Waals surface area contributed by atoms with Gasteiger partial charge in [-0.3, -0.25) is 4.68 Å². The first kappa shape index (κ1) is 11.5. The minimum atomic E-state index is -1.10. The number of hydrogen-bond donors (Lipinski definition) is 1. The van der Waals surface area contributed by atoms with Gasteiger partial charge in [-0.05, 0) is 6.92 Å². The molecule has 0 aliphatic rings. The SMILES string of the molecule is Cc1c(O)c(-c2c(F)cc(F)cc2F)nn1C. The van der Waals surface area contributed by atoms with Crippen LogP contribution in [0.1, 0.15) is 5.69 Å². The maximum atomic E-state index is 13.5. The Balaban J connectivity index is 2.73. The highest BCUT2D eigenvalue weighted by Gasteiger charge is 2.21.